The van der Waals surface area contributed by atoms with E-state index in [9.17, 15) is 0 Å². The minimum absolute atomic E-state index is 0.680. The van der Waals surface area contributed by atoms with E-state index >= 15 is 0 Å². The van der Waals surface area contributed by atoms with Crippen LogP contribution in [0.25, 0.3) is 0 Å². The molecule has 1 fully saturated rings. The number of nitrogens with zero attached hydrogens (tertiary/aromatic N) is 1. The number of piperidine rings is 1. The lowest BCUT2D eigenvalue weighted by Gasteiger charge is -2.32. The number of likely N-dealkylation sites (tertiary alicyclic amines) is 1. The average Bonchev–Trinajstić information content (AvgIpc) is 2.83. The Morgan fingerprint density at radius 1 is 1.38 bits per heavy atom. The molecule has 2 nitrogen and oxygen atoms in total. The highest BCUT2D eigenvalue weighted by Crippen LogP contribution is 2.11. The lowest BCUT2D eigenvalue weighted by molar-refractivity contribution is 0.170. The molecule has 1 aromatic rings. The van der Waals surface area contributed by atoms with Crippen LogP contribution in [-0.2, 0) is 6.54 Å². The minimum atomic E-state index is 0.680. The topological polar surface area (TPSA) is 15.3 Å². The minimum Gasteiger partial charge on any atom is -0.311 e. The standard InChI is InChI=1S/C13H22N2S/c1-12(15-6-3-2-4-7-15)9-14-10-13-5-8-16-11-13/h5,8,11-12,14H,2-4,6-7,9-10H2,1H3. The number of hydrogen-bond acceptors (Lipinski definition) is 3. The van der Waals surface area contributed by atoms with Crippen LogP contribution in [0.15, 0.2) is 16.8 Å². The summed E-state index contributed by atoms with van der Waals surface area (Å²) in [6.45, 7) is 7.05. The van der Waals surface area contributed by atoms with Crippen LogP contribution < -0.4 is 5.32 Å². The van der Waals surface area contributed by atoms with Crippen LogP contribution >= 0.6 is 11.3 Å². The van der Waals surface area contributed by atoms with Crippen molar-refractivity contribution in [3.63, 3.8) is 0 Å². The molecular weight excluding hydrogens is 216 g/mol. The summed E-state index contributed by atoms with van der Waals surface area (Å²) in [5.41, 5.74) is 1.41. The van der Waals surface area contributed by atoms with Crippen LogP contribution in [-0.4, -0.2) is 30.6 Å². The maximum Gasteiger partial charge on any atom is 0.0214 e. The van der Waals surface area contributed by atoms with Crippen molar-refractivity contribution >= 4 is 11.3 Å². The second kappa shape index (κ2) is 6.38. The van der Waals surface area contributed by atoms with Gasteiger partial charge < -0.3 is 5.32 Å². The van der Waals surface area contributed by atoms with Crippen molar-refractivity contribution in [1.82, 2.24) is 10.2 Å². The molecule has 1 aliphatic rings. The first kappa shape index (κ1) is 12.1. The Labute approximate surface area is 103 Å². The van der Waals surface area contributed by atoms with E-state index in [-0.39, 0.29) is 0 Å². The zero-order valence-electron chi connectivity index (χ0n) is 10.1. The molecule has 0 radical (unpaired) electrons. The van der Waals surface area contributed by atoms with Gasteiger partial charge in [-0.2, -0.15) is 11.3 Å². The maximum absolute atomic E-state index is 3.55. The van der Waals surface area contributed by atoms with Gasteiger partial charge in [-0.05, 0) is 55.2 Å². The second-order valence-electron chi connectivity index (χ2n) is 4.71. The van der Waals surface area contributed by atoms with E-state index in [1.165, 1.54) is 37.9 Å². The summed E-state index contributed by atoms with van der Waals surface area (Å²) in [7, 11) is 0. The number of hydrogen-bond donors (Lipinski definition) is 1. The third kappa shape index (κ3) is 3.58. The number of nitrogens with one attached hydrogen (secondary N) is 1. The smallest absolute Gasteiger partial charge is 0.0214 e. The molecule has 2 rings (SSSR count). The van der Waals surface area contributed by atoms with Gasteiger partial charge in [0, 0.05) is 19.1 Å². The Kier molecular flexibility index (Phi) is 4.82. The van der Waals surface area contributed by atoms with Crippen molar-refractivity contribution in [2.75, 3.05) is 19.6 Å². The SMILES string of the molecule is CC(CNCc1ccsc1)N1CCCCC1. The van der Waals surface area contributed by atoms with Gasteiger partial charge in [-0.3, -0.25) is 4.90 Å². The van der Waals surface area contributed by atoms with E-state index in [4.69, 9.17) is 0 Å². The molecule has 0 aliphatic carbocycles. The molecule has 90 valence electrons. The Morgan fingerprint density at radius 3 is 2.88 bits per heavy atom. The molecule has 1 unspecified atom stereocenters. The predicted molar refractivity (Wildman–Crippen MR) is 70.9 cm³/mol. The summed E-state index contributed by atoms with van der Waals surface area (Å²) in [4.78, 5) is 2.62. The molecule has 16 heavy (non-hydrogen) atoms. The average molecular weight is 238 g/mol. The van der Waals surface area contributed by atoms with Gasteiger partial charge in [-0.25, -0.2) is 0 Å². The van der Waals surface area contributed by atoms with Gasteiger partial charge in [0.15, 0.2) is 0 Å². The molecule has 0 aromatic carbocycles. The monoisotopic (exact) mass is 238 g/mol. The predicted octanol–water partition coefficient (Wildman–Crippen LogP) is 2.71. The Balaban J connectivity index is 1.65. The summed E-state index contributed by atoms with van der Waals surface area (Å²) in [6, 6.07) is 2.88. The third-order valence-electron chi connectivity index (χ3n) is 3.36. The number of thiophene rings is 1. The zero-order valence-corrected chi connectivity index (χ0v) is 10.9. The molecule has 1 aliphatic heterocycles. The fourth-order valence-corrected chi connectivity index (χ4v) is 2.98. The van der Waals surface area contributed by atoms with Crippen LogP contribution in [0.2, 0.25) is 0 Å². The van der Waals surface area contributed by atoms with Crippen LogP contribution in [0.4, 0.5) is 0 Å². The highest BCUT2D eigenvalue weighted by Gasteiger charge is 2.15. The van der Waals surface area contributed by atoms with Crippen LogP contribution in [0.1, 0.15) is 31.7 Å². The molecule has 1 atom stereocenters. The van der Waals surface area contributed by atoms with Crippen molar-refractivity contribution in [3.05, 3.63) is 22.4 Å². The fraction of sp³-hybridized carbons (Fsp3) is 0.692. The second-order valence-corrected chi connectivity index (χ2v) is 5.49. The lowest BCUT2D eigenvalue weighted by atomic mass is 10.1. The van der Waals surface area contributed by atoms with E-state index in [0.29, 0.717) is 6.04 Å². The van der Waals surface area contributed by atoms with E-state index < -0.39 is 0 Å². The Morgan fingerprint density at radius 2 is 2.19 bits per heavy atom. The lowest BCUT2D eigenvalue weighted by Crippen LogP contribution is -2.42. The Hall–Kier alpha value is -0.380. The molecule has 0 amide bonds. The highest BCUT2D eigenvalue weighted by molar-refractivity contribution is 7.07. The number of rotatable bonds is 5. The summed E-state index contributed by atoms with van der Waals surface area (Å²) < 4.78 is 0. The van der Waals surface area contributed by atoms with Crippen molar-refractivity contribution in [3.8, 4) is 0 Å². The molecule has 0 bridgehead atoms. The van der Waals surface area contributed by atoms with Crippen LogP contribution in [0, 0.1) is 0 Å². The maximum atomic E-state index is 3.55. The molecule has 3 heteroatoms. The first-order valence-corrected chi connectivity index (χ1v) is 7.26. The first-order chi connectivity index (χ1) is 7.86. The van der Waals surface area contributed by atoms with E-state index in [1.807, 2.05) is 0 Å². The van der Waals surface area contributed by atoms with Crippen LogP contribution in [0.5, 0.6) is 0 Å². The molecule has 1 aromatic heterocycles. The van der Waals surface area contributed by atoms with Gasteiger partial charge in [-0.1, -0.05) is 6.42 Å². The van der Waals surface area contributed by atoms with Crippen molar-refractivity contribution in [2.24, 2.45) is 0 Å². The molecule has 1 saturated heterocycles. The van der Waals surface area contributed by atoms with Gasteiger partial charge in [-0.15, -0.1) is 0 Å². The van der Waals surface area contributed by atoms with Crippen LogP contribution in [0.3, 0.4) is 0 Å². The summed E-state index contributed by atoms with van der Waals surface area (Å²) in [5, 5.41) is 7.91. The van der Waals surface area contributed by atoms with Gasteiger partial charge in [0.1, 0.15) is 0 Å². The summed E-state index contributed by atoms with van der Waals surface area (Å²) in [6.07, 6.45) is 4.19. The summed E-state index contributed by atoms with van der Waals surface area (Å²) in [5.74, 6) is 0. The highest BCUT2D eigenvalue weighted by atomic mass is 32.1. The van der Waals surface area contributed by atoms with E-state index in [0.717, 1.165) is 13.1 Å². The van der Waals surface area contributed by atoms with Gasteiger partial charge >= 0.3 is 0 Å². The van der Waals surface area contributed by atoms with E-state index in [1.54, 1.807) is 11.3 Å². The van der Waals surface area contributed by atoms with Crippen molar-refractivity contribution in [2.45, 2.75) is 38.8 Å². The van der Waals surface area contributed by atoms with Gasteiger partial charge in [0.2, 0.25) is 0 Å². The third-order valence-corrected chi connectivity index (χ3v) is 4.10. The first-order valence-electron chi connectivity index (χ1n) is 6.32. The summed E-state index contributed by atoms with van der Waals surface area (Å²) >= 11 is 1.78. The fourth-order valence-electron chi connectivity index (χ4n) is 2.31. The molecule has 0 saturated carbocycles. The van der Waals surface area contributed by atoms with E-state index in [2.05, 4.69) is 34.0 Å². The quantitative estimate of drug-likeness (QED) is 0.848. The Bertz CT molecular complexity index is 278. The zero-order chi connectivity index (χ0) is 11.2. The molecular formula is C13H22N2S. The van der Waals surface area contributed by atoms with Gasteiger partial charge in [0.25, 0.3) is 0 Å². The van der Waals surface area contributed by atoms with Crippen molar-refractivity contribution < 1.29 is 0 Å². The molecule has 0 spiro atoms. The van der Waals surface area contributed by atoms with Gasteiger partial charge in [0.05, 0.1) is 0 Å². The molecule has 2 heterocycles. The largest absolute Gasteiger partial charge is 0.311 e. The molecule has 1 N–H and O–H groups in total. The normalized spacial score (nSPS) is 19.8. The van der Waals surface area contributed by atoms with Crippen molar-refractivity contribution in [1.29, 1.82) is 0 Å².